The molecule has 64 valence electrons. The molecule has 1 amide bonds. The first-order chi connectivity index (χ1) is 5.63. The lowest BCUT2D eigenvalue weighted by molar-refractivity contribution is 0.203. The van der Waals surface area contributed by atoms with Crippen molar-refractivity contribution in [2.45, 2.75) is 0 Å². The molecule has 0 aliphatic rings. The lowest BCUT2D eigenvalue weighted by atomic mass is 10.3. The fourth-order valence-corrected chi connectivity index (χ4v) is 0.827. The van der Waals surface area contributed by atoms with Crippen LogP contribution in [0.5, 0.6) is 0 Å². The molecule has 0 saturated carbocycles. The van der Waals surface area contributed by atoms with Gasteiger partial charge in [-0.15, -0.1) is 0 Å². The minimum absolute atomic E-state index is 0.0602. The van der Waals surface area contributed by atoms with Crippen molar-refractivity contribution in [3.8, 4) is 0 Å². The SMILES string of the molecule is CN(C(=O)O)c1ccccc1F. The van der Waals surface area contributed by atoms with Crippen LogP contribution in [0.1, 0.15) is 0 Å². The second-order valence-electron chi connectivity index (χ2n) is 2.29. The Morgan fingerprint density at radius 2 is 2.08 bits per heavy atom. The second-order valence-corrected chi connectivity index (χ2v) is 2.29. The third-order valence-corrected chi connectivity index (χ3v) is 1.50. The highest BCUT2D eigenvalue weighted by atomic mass is 19.1. The highest BCUT2D eigenvalue weighted by Crippen LogP contribution is 2.16. The molecule has 1 aromatic rings. The molecule has 3 nitrogen and oxygen atoms in total. The molecule has 0 atom stereocenters. The number of hydrogen-bond donors (Lipinski definition) is 1. The van der Waals surface area contributed by atoms with E-state index in [1.54, 1.807) is 6.07 Å². The van der Waals surface area contributed by atoms with Crippen molar-refractivity contribution in [2.75, 3.05) is 11.9 Å². The second kappa shape index (κ2) is 3.21. The summed E-state index contributed by atoms with van der Waals surface area (Å²) >= 11 is 0. The molecule has 1 aromatic carbocycles. The zero-order valence-corrected chi connectivity index (χ0v) is 6.49. The van der Waals surface area contributed by atoms with Crippen LogP contribution in [0.15, 0.2) is 24.3 Å². The van der Waals surface area contributed by atoms with Gasteiger partial charge >= 0.3 is 6.09 Å². The first-order valence-electron chi connectivity index (χ1n) is 3.34. The lowest BCUT2D eigenvalue weighted by Gasteiger charge is -2.12. The predicted octanol–water partition coefficient (Wildman–Crippen LogP) is 1.94. The summed E-state index contributed by atoms with van der Waals surface area (Å²) in [6.45, 7) is 0. The number of rotatable bonds is 1. The topological polar surface area (TPSA) is 40.5 Å². The van der Waals surface area contributed by atoms with Crippen LogP contribution in [0.3, 0.4) is 0 Å². The number of carbonyl (C=O) groups is 1. The smallest absolute Gasteiger partial charge is 0.411 e. The molecule has 0 unspecified atom stereocenters. The molecule has 0 heterocycles. The van der Waals surface area contributed by atoms with E-state index in [1.165, 1.54) is 25.2 Å². The van der Waals surface area contributed by atoms with Crippen molar-refractivity contribution in [1.82, 2.24) is 0 Å². The molecule has 0 aliphatic carbocycles. The summed E-state index contributed by atoms with van der Waals surface area (Å²) < 4.78 is 12.9. The average molecular weight is 169 g/mol. The zero-order chi connectivity index (χ0) is 9.14. The highest BCUT2D eigenvalue weighted by molar-refractivity contribution is 5.85. The highest BCUT2D eigenvalue weighted by Gasteiger charge is 2.11. The summed E-state index contributed by atoms with van der Waals surface area (Å²) in [7, 11) is 1.29. The number of hydrogen-bond acceptors (Lipinski definition) is 1. The number of para-hydroxylation sites is 1. The van der Waals surface area contributed by atoms with Crippen molar-refractivity contribution in [1.29, 1.82) is 0 Å². The van der Waals surface area contributed by atoms with E-state index in [1.807, 2.05) is 0 Å². The summed E-state index contributed by atoms with van der Waals surface area (Å²) in [5, 5.41) is 8.52. The quantitative estimate of drug-likeness (QED) is 0.697. The zero-order valence-electron chi connectivity index (χ0n) is 6.49. The number of carboxylic acid groups (broad SMARTS) is 1. The van der Waals surface area contributed by atoms with Crippen LogP contribution in [0.25, 0.3) is 0 Å². The fraction of sp³-hybridized carbons (Fsp3) is 0.125. The van der Waals surface area contributed by atoms with Crippen LogP contribution < -0.4 is 4.90 Å². The van der Waals surface area contributed by atoms with E-state index in [0.29, 0.717) is 0 Å². The Kier molecular flexibility index (Phi) is 2.28. The standard InChI is InChI=1S/C8H8FNO2/c1-10(8(11)12)7-5-3-2-4-6(7)9/h2-5H,1H3,(H,11,12). The summed E-state index contributed by atoms with van der Waals surface area (Å²) in [5.74, 6) is -0.539. The van der Waals surface area contributed by atoms with Gasteiger partial charge in [0.15, 0.2) is 0 Å². The van der Waals surface area contributed by atoms with Gasteiger partial charge in [0, 0.05) is 7.05 Å². The molecule has 0 aliphatic heterocycles. The van der Waals surface area contributed by atoms with Crippen molar-refractivity contribution < 1.29 is 14.3 Å². The van der Waals surface area contributed by atoms with E-state index in [0.717, 1.165) is 4.90 Å². The normalized spacial score (nSPS) is 9.50. The summed E-state index contributed by atoms with van der Waals surface area (Å²) in [6, 6.07) is 5.71. The molecule has 0 spiro atoms. The minimum Gasteiger partial charge on any atom is -0.465 e. The molecule has 4 heteroatoms. The van der Waals surface area contributed by atoms with E-state index >= 15 is 0 Å². The Labute approximate surface area is 69.0 Å². The Bertz CT molecular complexity index is 301. The van der Waals surface area contributed by atoms with Crippen LogP contribution in [0.4, 0.5) is 14.9 Å². The molecule has 12 heavy (non-hydrogen) atoms. The minimum atomic E-state index is -1.18. The largest absolute Gasteiger partial charge is 0.465 e. The number of benzene rings is 1. The maximum atomic E-state index is 12.9. The first kappa shape index (κ1) is 8.52. The third kappa shape index (κ3) is 1.53. The van der Waals surface area contributed by atoms with Gasteiger partial charge in [0.1, 0.15) is 5.82 Å². The van der Waals surface area contributed by atoms with Gasteiger partial charge in [0.05, 0.1) is 5.69 Å². The maximum absolute atomic E-state index is 12.9. The molecule has 0 bridgehead atoms. The Balaban J connectivity index is 3.02. The number of amides is 1. The van der Waals surface area contributed by atoms with E-state index in [9.17, 15) is 9.18 Å². The number of anilines is 1. The first-order valence-corrected chi connectivity index (χ1v) is 3.34. The molecule has 0 radical (unpaired) electrons. The molecular weight excluding hydrogens is 161 g/mol. The van der Waals surface area contributed by atoms with Gasteiger partial charge in [-0.2, -0.15) is 0 Å². The van der Waals surface area contributed by atoms with Crippen molar-refractivity contribution in [2.24, 2.45) is 0 Å². The van der Waals surface area contributed by atoms with Gasteiger partial charge in [-0.1, -0.05) is 12.1 Å². The van der Waals surface area contributed by atoms with Gasteiger partial charge in [0.2, 0.25) is 0 Å². The lowest BCUT2D eigenvalue weighted by Crippen LogP contribution is -2.24. The monoisotopic (exact) mass is 169 g/mol. The predicted molar refractivity (Wildman–Crippen MR) is 42.8 cm³/mol. The summed E-state index contributed by atoms with van der Waals surface area (Å²) in [4.78, 5) is 11.2. The molecular formula is C8H8FNO2. The van der Waals surface area contributed by atoms with Crippen molar-refractivity contribution >= 4 is 11.8 Å². The van der Waals surface area contributed by atoms with Crippen LogP contribution in [-0.2, 0) is 0 Å². The molecule has 0 aromatic heterocycles. The van der Waals surface area contributed by atoms with E-state index in [4.69, 9.17) is 5.11 Å². The van der Waals surface area contributed by atoms with E-state index in [2.05, 4.69) is 0 Å². The maximum Gasteiger partial charge on any atom is 0.411 e. The summed E-state index contributed by atoms with van der Waals surface area (Å²) in [5.41, 5.74) is 0.0602. The Morgan fingerprint density at radius 1 is 1.50 bits per heavy atom. The van der Waals surface area contributed by atoms with E-state index < -0.39 is 11.9 Å². The third-order valence-electron chi connectivity index (χ3n) is 1.50. The molecule has 1 N–H and O–H groups in total. The van der Waals surface area contributed by atoms with Gasteiger partial charge < -0.3 is 5.11 Å². The van der Waals surface area contributed by atoms with Crippen LogP contribution in [-0.4, -0.2) is 18.2 Å². The Morgan fingerprint density at radius 3 is 2.58 bits per heavy atom. The van der Waals surface area contributed by atoms with Crippen molar-refractivity contribution in [3.05, 3.63) is 30.1 Å². The van der Waals surface area contributed by atoms with Gasteiger partial charge in [0.25, 0.3) is 0 Å². The Hall–Kier alpha value is -1.58. The molecule has 0 fully saturated rings. The van der Waals surface area contributed by atoms with Gasteiger partial charge in [-0.05, 0) is 12.1 Å². The number of nitrogens with zero attached hydrogens (tertiary/aromatic N) is 1. The van der Waals surface area contributed by atoms with Crippen LogP contribution in [0.2, 0.25) is 0 Å². The molecule has 0 saturated heterocycles. The summed E-state index contributed by atoms with van der Waals surface area (Å²) in [6.07, 6.45) is -1.18. The van der Waals surface area contributed by atoms with Crippen LogP contribution >= 0.6 is 0 Å². The average Bonchev–Trinajstić information content (AvgIpc) is 2.04. The number of halogens is 1. The van der Waals surface area contributed by atoms with E-state index in [-0.39, 0.29) is 5.69 Å². The van der Waals surface area contributed by atoms with Crippen molar-refractivity contribution in [3.63, 3.8) is 0 Å². The van der Waals surface area contributed by atoms with Gasteiger partial charge in [-0.3, -0.25) is 4.90 Å². The molecule has 1 rings (SSSR count). The van der Waals surface area contributed by atoms with Crippen LogP contribution in [0, 0.1) is 5.82 Å². The van der Waals surface area contributed by atoms with Gasteiger partial charge in [-0.25, -0.2) is 9.18 Å². The fourth-order valence-electron chi connectivity index (χ4n) is 0.827.